The SMILES string of the molecule is CCCCN1C(c2ccccc2)=NC(c2ccc(-c3cccc(-n4c5ccccc5c5c6c7ccccc7n(-c7cccc(-c8ccc(C9NC(c%10ccccc%10)NC(c%10ccccc%10)N9CCC)cc8)c7)c6ccc54)c3)cc2)NC1c1ccccc1. The van der Waals surface area contributed by atoms with Crippen LogP contribution in [0.2, 0.25) is 0 Å². The lowest BCUT2D eigenvalue weighted by molar-refractivity contribution is 0.0171. The van der Waals surface area contributed by atoms with Crippen LogP contribution in [0.5, 0.6) is 0 Å². The molecule has 2 aliphatic rings. The third-order valence-electron chi connectivity index (χ3n) is 17.9. The summed E-state index contributed by atoms with van der Waals surface area (Å²) in [5.74, 6) is 1.03. The van der Waals surface area contributed by atoms with E-state index in [1.54, 1.807) is 0 Å². The predicted molar refractivity (Wildman–Crippen MR) is 360 cm³/mol. The zero-order valence-corrected chi connectivity index (χ0v) is 49.2. The Hall–Kier alpha value is -9.67. The molecule has 5 unspecified atom stereocenters. The lowest BCUT2D eigenvalue weighted by Gasteiger charge is -2.47. The van der Waals surface area contributed by atoms with Gasteiger partial charge < -0.3 is 14.0 Å². The lowest BCUT2D eigenvalue weighted by atomic mass is 9.99. The van der Waals surface area contributed by atoms with Gasteiger partial charge in [0.15, 0.2) is 0 Å². The summed E-state index contributed by atoms with van der Waals surface area (Å²) in [6, 6.07) is 102. The Morgan fingerprint density at radius 3 is 1.31 bits per heavy atom. The summed E-state index contributed by atoms with van der Waals surface area (Å²) in [4.78, 5) is 10.5. The maximum Gasteiger partial charge on any atom is 0.134 e. The van der Waals surface area contributed by atoms with Gasteiger partial charge in [0.25, 0.3) is 0 Å². The van der Waals surface area contributed by atoms with Crippen molar-refractivity contribution >= 4 is 49.4 Å². The molecule has 8 nitrogen and oxygen atoms in total. The maximum atomic E-state index is 5.48. The quantitative estimate of drug-likeness (QED) is 0.0955. The number of hydrogen-bond donors (Lipinski definition) is 3. The number of aliphatic imine (C=N–C) groups is 1. The van der Waals surface area contributed by atoms with Crippen molar-refractivity contribution in [3.63, 3.8) is 0 Å². The van der Waals surface area contributed by atoms with Gasteiger partial charge in [-0.1, -0.05) is 251 Å². The molecule has 426 valence electrons. The molecular weight excluding hydrogens is 1060 g/mol. The summed E-state index contributed by atoms with van der Waals surface area (Å²) >= 11 is 0. The summed E-state index contributed by atoms with van der Waals surface area (Å²) < 4.78 is 4.93. The molecule has 5 atom stereocenters. The van der Waals surface area contributed by atoms with Crippen LogP contribution >= 0.6 is 0 Å². The van der Waals surface area contributed by atoms with E-state index in [1.165, 1.54) is 77.0 Å². The molecule has 8 heteroatoms. The first-order valence-corrected chi connectivity index (χ1v) is 31.0. The van der Waals surface area contributed by atoms with E-state index in [1.807, 2.05) is 0 Å². The van der Waals surface area contributed by atoms with Crippen LogP contribution in [0.3, 0.4) is 0 Å². The summed E-state index contributed by atoms with van der Waals surface area (Å²) in [5, 5.41) is 16.9. The normalized spacial score (nSPS) is 18.2. The highest BCUT2D eigenvalue weighted by molar-refractivity contribution is 6.29. The highest BCUT2D eigenvalue weighted by atomic mass is 15.4. The molecule has 11 aromatic carbocycles. The molecule has 0 saturated carbocycles. The predicted octanol–water partition coefficient (Wildman–Crippen LogP) is 18.4. The van der Waals surface area contributed by atoms with Gasteiger partial charge in [-0.05, 0) is 111 Å². The molecule has 87 heavy (non-hydrogen) atoms. The van der Waals surface area contributed by atoms with Crippen molar-refractivity contribution in [1.82, 2.24) is 34.9 Å². The molecule has 2 aromatic heterocycles. The second-order valence-corrected chi connectivity index (χ2v) is 23.3. The molecular formula is C79H70N8. The second-order valence-electron chi connectivity index (χ2n) is 23.3. The Morgan fingerprint density at radius 2 is 0.793 bits per heavy atom. The van der Waals surface area contributed by atoms with Crippen molar-refractivity contribution in [1.29, 1.82) is 0 Å². The summed E-state index contributed by atoms with van der Waals surface area (Å²) in [6.45, 7) is 6.37. The number of rotatable bonds is 15. The van der Waals surface area contributed by atoms with Crippen LogP contribution in [-0.4, -0.2) is 37.9 Å². The van der Waals surface area contributed by atoms with E-state index >= 15 is 0 Å². The van der Waals surface area contributed by atoms with Gasteiger partial charge in [0.1, 0.15) is 18.2 Å². The molecule has 2 aliphatic heterocycles. The van der Waals surface area contributed by atoms with Crippen LogP contribution in [0.1, 0.15) is 97.3 Å². The van der Waals surface area contributed by atoms with Crippen molar-refractivity contribution in [2.75, 3.05) is 13.1 Å². The first-order chi connectivity index (χ1) is 43.1. The molecule has 0 amide bonds. The molecule has 0 radical (unpaired) electrons. The van der Waals surface area contributed by atoms with E-state index in [9.17, 15) is 0 Å². The second kappa shape index (κ2) is 23.7. The molecule has 3 N–H and O–H groups in total. The summed E-state index contributed by atoms with van der Waals surface area (Å²) in [7, 11) is 0. The van der Waals surface area contributed by atoms with Crippen LogP contribution in [0.15, 0.2) is 284 Å². The van der Waals surface area contributed by atoms with Crippen LogP contribution in [0.4, 0.5) is 0 Å². The van der Waals surface area contributed by atoms with E-state index in [0.29, 0.717) is 0 Å². The van der Waals surface area contributed by atoms with Crippen molar-refractivity contribution in [2.24, 2.45) is 4.99 Å². The van der Waals surface area contributed by atoms with E-state index < -0.39 is 0 Å². The Morgan fingerprint density at radius 1 is 0.345 bits per heavy atom. The smallest absolute Gasteiger partial charge is 0.134 e. The molecule has 15 rings (SSSR count). The van der Waals surface area contributed by atoms with E-state index in [4.69, 9.17) is 4.99 Å². The number of nitrogens with zero attached hydrogens (tertiary/aromatic N) is 5. The van der Waals surface area contributed by atoms with Gasteiger partial charge >= 0.3 is 0 Å². The van der Waals surface area contributed by atoms with Crippen molar-refractivity contribution in [3.8, 4) is 33.6 Å². The molecule has 1 saturated heterocycles. The minimum Gasteiger partial charge on any atom is -0.337 e. The number of aromatic nitrogens is 2. The molecule has 13 aromatic rings. The van der Waals surface area contributed by atoms with Crippen LogP contribution < -0.4 is 16.0 Å². The van der Waals surface area contributed by atoms with Crippen LogP contribution in [-0.2, 0) is 0 Å². The standard InChI is InChI=1S/C79H70N8/c1-3-5-51-85-77(59-28-14-8-15-29-59)82-75(83-78(85)60-30-16-9-17-31-60)57-44-40-54(41-45-57)62-32-22-34-64(52-62)86-68-38-20-18-36-66(68)72-70(86)48-49-71-73(72)67-37-19-21-39-69(67)87(71)65-35-23-33-63(53-65)55-42-46-61(47-43-55)79-81-74(56-24-10-6-11-25-56)80-76(84(79)50-4-2)58-26-12-7-13-27-58/h6-49,52-53,74-77,79-82H,3-5,50-51H2,1-2H3. The number of amidine groups is 1. The molecule has 0 aliphatic carbocycles. The fourth-order valence-electron chi connectivity index (χ4n) is 13.8. The van der Waals surface area contributed by atoms with Gasteiger partial charge in [-0.2, -0.15) is 0 Å². The van der Waals surface area contributed by atoms with Crippen LogP contribution in [0.25, 0.3) is 77.2 Å². The van der Waals surface area contributed by atoms with Gasteiger partial charge in [-0.3, -0.25) is 20.9 Å². The van der Waals surface area contributed by atoms with E-state index in [0.717, 1.165) is 71.8 Å². The van der Waals surface area contributed by atoms with Crippen molar-refractivity contribution in [3.05, 3.63) is 312 Å². The zero-order chi connectivity index (χ0) is 58.2. The topological polar surface area (TPSA) is 64.8 Å². The number of benzene rings is 11. The number of fused-ring (bicyclic) bond motifs is 7. The Bertz CT molecular complexity index is 4570. The van der Waals surface area contributed by atoms with E-state index in [2.05, 4.69) is 328 Å². The summed E-state index contributed by atoms with van der Waals surface area (Å²) in [5.41, 5.74) is 18.9. The van der Waals surface area contributed by atoms with Gasteiger partial charge in [0.2, 0.25) is 0 Å². The minimum absolute atomic E-state index is 0.00403. The number of hydrogen-bond acceptors (Lipinski definition) is 6. The van der Waals surface area contributed by atoms with Gasteiger partial charge in [-0.25, -0.2) is 4.99 Å². The molecule has 1 fully saturated rings. The van der Waals surface area contributed by atoms with Gasteiger partial charge in [-0.15, -0.1) is 0 Å². The molecule has 0 bridgehead atoms. The average molecular weight is 1130 g/mol. The third-order valence-corrected chi connectivity index (χ3v) is 17.9. The van der Waals surface area contributed by atoms with Gasteiger partial charge in [0, 0.05) is 51.6 Å². The van der Waals surface area contributed by atoms with Crippen molar-refractivity contribution < 1.29 is 0 Å². The maximum absolute atomic E-state index is 5.48. The lowest BCUT2D eigenvalue weighted by Crippen LogP contribution is -2.56. The molecule has 0 spiro atoms. The number of nitrogens with one attached hydrogen (secondary N) is 3. The average Bonchev–Trinajstić information content (AvgIpc) is 1.61. The first kappa shape index (κ1) is 54.0. The highest BCUT2D eigenvalue weighted by Gasteiger charge is 2.37. The Labute approximate surface area is 509 Å². The number of para-hydroxylation sites is 2. The third kappa shape index (κ3) is 10.1. The van der Waals surface area contributed by atoms with E-state index in [-0.39, 0.29) is 30.8 Å². The largest absolute Gasteiger partial charge is 0.337 e. The molecule has 4 heterocycles. The fraction of sp³-hybridized carbons (Fsp3) is 0.152. The number of unbranched alkanes of at least 4 members (excludes halogenated alkanes) is 1. The van der Waals surface area contributed by atoms with Gasteiger partial charge in [0.05, 0.1) is 40.6 Å². The Balaban J connectivity index is 0.764. The minimum atomic E-state index is -0.228. The Kier molecular flexibility index (Phi) is 14.7. The first-order valence-electron chi connectivity index (χ1n) is 31.0. The van der Waals surface area contributed by atoms with Crippen molar-refractivity contribution in [2.45, 2.75) is 63.9 Å². The fourth-order valence-corrected chi connectivity index (χ4v) is 13.8. The zero-order valence-electron chi connectivity index (χ0n) is 49.2. The van der Waals surface area contributed by atoms with Crippen LogP contribution in [0, 0.1) is 0 Å². The monoisotopic (exact) mass is 1130 g/mol. The summed E-state index contributed by atoms with van der Waals surface area (Å²) in [6.07, 6.45) is 2.98. The highest BCUT2D eigenvalue weighted by Crippen LogP contribution is 2.44.